The quantitative estimate of drug-likeness (QED) is 0.503. The minimum Gasteiger partial charge on any atom is -0.390 e. The predicted octanol–water partition coefficient (Wildman–Crippen LogP) is -0.890. The molecule has 0 radical (unpaired) electrons. The first-order valence-electron chi connectivity index (χ1n) is 3.58. The van der Waals surface area contributed by atoms with Crippen molar-refractivity contribution in [3.63, 3.8) is 0 Å². The lowest BCUT2D eigenvalue weighted by Crippen LogP contribution is -2.42. The normalized spacial score (nSPS) is 16.2. The van der Waals surface area contributed by atoms with Crippen LogP contribution in [0.25, 0.3) is 0 Å². The molecule has 0 rings (SSSR count). The average Bonchev–Trinajstić information content (AvgIpc) is 2.00. The lowest BCUT2D eigenvalue weighted by atomic mass is 10.0. The summed E-state index contributed by atoms with van der Waals surface area (Å²) >= 11 is 0. The zero-order valence-electron chi connectivity index (χ0n) is 7.03. The third kappa shape index (κ3) is 2.86. The predicted molar refractivity (Wildman–Crippen MR) is 40.9 cm³/mol. The van der Waals surface area contributed by atoms with E-state index in [0.29, 0.717) is 0 Å². The minimum atomic E-state index is -1.32. The number of carbonyl (C=O) groups is 1. The van der Waals surface area contributed by atoms with Gasteiger partial charge in [-0.15, -0.1) is 0 Å². The monoisotopic (exact) mass is 161 g/mol. The topological polar surface area (TPSA) is 69.6 Å². The molecule has 0 aliphatic rings. The van der Waals surface area contributed by atoms with Crippen molar-refractivity contribution in [3.05, 3.63) is 0 Å². The molecule has 0 aromatic heterocycles. The van der Waals surface area contributed by atoms with Crippen molar-refractivity contribution in [2.24, 2.45) is 5.92 Å². The van der Waals surface area contributed by atoms with E-state index in [2.05, 4.69) is 5.32 Å². The number of aliphatic hydroxyl groups excluding tert-OH is 2. The molecule has 0 aliphatic heterocycles. The van der Waals surface area contributed by atoms with Gasteiger partial charge in [0.05, 0.1) is 6.10 Å². The lowest BCUT2D eigenvalue weighted by Gasteiger charge is -2.19. The van der Waals surface area contributed by atoms with E-state index in [1.165, 1.54) is 7.05 Å². The van der Waals surface area contributed by atoms with Crippen molar-refractivity contribution >= 4 is 5.91 Å². The first-order chi connectivity index (χ1) is 5.00. The molecule has 0 heterocycles. The molecule has 3 N–H and O–H groups in total. The van der Waals surface area contributed by atoms with E-state index in [1.54, 1.807) is 13.8 Å². The molecule has 2 atom stereocenters. The first kappa shape index (κ1) is 10.4. The molecule has 0 aliphatic carbocycles. The summed E-state index contributed by atoms with van der Waals surface area (Å²) in [5, 5.41) is 20.5. The van der Waals surface area contributed by atoms with Crippen LogP contribution in [0.2, 0.25) is 0 Å². The Balaban J connectivity index is 4.01. The van der Waals surface area contributed by atoms with Crippen LogP contribution in [0.4, 0.5) is 0 Å². The van der Waals surface area contributed by atoms with E-state index in [-0.39, 0.29) is 5.92 Å². The SMILES string of the molecule is CNC(=O)[C@@H](O)[C@H](O)C(C)C. The maximum absolute atomic E-state index is 10.7. The molecule has 11 heavy (non-hydrogen) atoms. The van der Waals surface area contributed by atoms with Crippen molar-refractivity contribution < 1.29 is 15.0 Å². The Labute approximate surface area is 66.2 Å². The third-order valence-electron chi connectivity index (χ3n) is 1.52. The highest BCUT2D eigenvalue weighted by molar-refractivity contribution is 5.80. The van der Waals surface area contributed by atoms with E-state index in [4.69, 9.17) is 5.11 Å². The molecule has 66 valence electrons. The van der Waals surface area contributed by atoms with Crippen LogP contribution in [-0.2, 0) is 4.79 Å². The van der Waals surface area contributed by atoms with Gasteiger partial charge in [0.15, 0.2) is 6.10 Å². The number of hydrogen-bond acceptors (Lipinski definition) is 3. The number of carbonyl (C=O) groups excluding carboxylic acids is 1. The van der Waals surface area contributed by atoms with Gasteiger partial charge in [0.25, 0.3) is 5.91 Å². The maximum atomic E-state index is 10.7. The van der Waals surface area contributed by atoms with E-state index in [9.17, 15) is 9.90 Å². The number of hydrogen-bond donors (Lipinski definition) is 3. The summed E-state index contributed by atoms with van der Waals surface area (Å²) in [6.07, 6.45) is -2.31. The number of aliphatic hydroxyl groups is 2. The zero-order valence-corrected chi connectivity index (χ0v) is 7.03. The molecule has 4 nitrogen and oxygen atoms in total. The van der Waals surface area contributed by atoms with Gasteiger partial charge in [-0.2, -0.15) is 0 Å². The molecule has 1 amide bonds. The first-order valence-corrected chi connectivity index (χ1v) is 3.58. The summed E-state index contributed by atoms with van der Waals surface area (Å²) in [4.78, 5) is 10.7. The molecule has 0 aromatic carbocycles. The van der Waals surface area contributed by atoms with Crippen LogP contribution >= 0.6 is 0 Å². The van der Waals surface area contributed by atoms with Gasteiger partial charge in [-0.3, -0.25) is 4.79 Å². The third-order valence-corrected chi connectivity index (χ3v) is 1.52. The van der Waals surface area contributed by atoms with Gasteiger partial charge in [-0.05, 0) is 5.92 Å². The largest absolute Gasteiger partial charge is 0.390 e. The number of likely N-dealkylation sites (N-methyl/N-ethyl adjacent to an activating group) is 1. The summed E-state index contributed by atoms with van der Waals surface area (Å²) < 4.78 is 0. The van der Waals surface area contributed by atoms with Crippen LogP contribution in [0.5, 0.6) is 0 Å². The fraction of sp³-hybridized carbons (Fsp3) is 0.857. The van der Waals surface area contributed by atoms with Crippen LogP contribution in [0, 0.1) is 5.92 Å². The average molecular weight is 161 g/mol. The van der Waals surface area contributed by atoms with Crippen LogP contribution < -0.4 is 5.32 Å². The second-order valence-electron chi connectivity index (χ2n) is 2.79. The van der Waals surface area contributed by atoms with Gasteiger partial charge in [0.1, 0.15) is 0 Å². The van der Waals surface area contributed by atoms with Crippen LogP contribution in [0.1, 0.15) is 13.8 Å². The van der Waals surface area contributed by atoms with Crippen molar-refractivity contribution in [2.75, 3.05) is 7.05 Å². The van der Waals surface area contributed by atoms with Gasteiger partial charge in [-0.1, -0.05) is 13.8 Å². The molecule has 0 bridgehead atoms. The highest BCUT2D eigenvalue weighted by Crippen LogP contribution is 2.05. The van der Waals surface area contributed by atoms with Gasteiger partial charge in [-0.25, -0.2) is 0 Å². The Morgan fingerprint density at radius 2 is 1.82 bits per heavy atom. The van der Waals surface area contributed by atoms with Crippen molar-refractivity contribution in [3.8, 4) is 0 Å². The molecule has 4 heteroatoms. The molecule has 0 fully saturated rings. The molecule has 0 saturated heterocycles. The molecule has 0 unspecified atom stereocenters. The second-order valence-corrected chi connectivity index (χ2v) is 2.79. The van der Waals surface area contributed by atoms with Gasteiger partial charge in [0, 0.05) is 7.05 Å². The minimum absolute atomic E-state index is 0.123. The van der Waals surface area contributed by atoms with E-state index in [0.717, 1.165) is 0 Å². The Bertz CT molecular complexity index is 136. The number of amides is 1. The fourth-order valence-electron chi connectivity index (χ4n) is 0.668. The standard InChI is InChI=1S/C7H15NO3/c1-4(2)5(9)6(10)7(11)8-3/h4-6,9-10H,1-3H3,(H,8,11)/t5-,6+/m1/s1. The van der Waals surface area contributed by atoms with Crippen LogP contribution in [-0.4, -0.2) is 35.4 Å². The van der Waals surface area contributed by atoms with Crippen molar-refractivity contribution in [1.82, 2.24) is 5.32 Å². The molecule has 0 saturated carbocycles. The van der Waals surface area contributed by atoms with Crippen molar-refractivity contribution in [2.45, 2.75) is 26.1 Å². The van der Waals surface area contributed by atoms with Crippen molar-refractivity contribution in [1.29, 1.82) is 0 Å². The molecular weight excluding hydrogens is 146 g/mol. The Kier molecular flexibility index (Phi) is 4.07. The summed E-state index contributed by atoms with van der Waals surface area (Å²) in [6, 6.07) is 0. The van der Waals surface area contributed by atoms with E-state index >= 15 is 0 Å². The summed E-state index contributed by atoms with van der Waals surface area (Å²) in [5.41, 5.74) is 0. The Hall–Kier alpha value is -0.610. The van der Waals surface area contributed by atoms with E-state index in [1.807, 2.05) is 0 Å². The molecular formula is C7H15NO3. The highest BCUT2D eigenvalue weighted by atomic mass is 16.3. The van der Waals surface area contributed by atoms with E-state index < -0.39 is 18.1 Å². The zero-order chi connectivity index (χ0) is 9.02. The summed E-state index contributed by atoms with van der Waals surface area (Å²) in [7, 11) is 1.42. The Morgan fingerprint density at radius 1 is 1.36 bits per heavy atom. The lowest BCUT2D eigenvalue weighted by molar-refractivity contribution is -0.136. The van der Waals surface area contributed by atoms with Gasteiger partial charge in [0.2, 0.25) is 0 Å². The highest BCUT2D eigenvalue weighted by Gasteiger charge is 2.25. The summed E-state index contributed by atoms with van der Waals surface area (Å²) in [5.74, 6) is -0.673. The summed E-state index contributed by atoms with van der Waals surface area (Å²) in [6.45, 7) is 3.47. The molecule has 0 spiro atoms. The van der Waals surface area contributed by atoms with Gasteiger partial charge >= 0.3 is 0 Å². The van der Waals surface area contributed by atoms with Gasteiger partial charge < -0.3 is 15.5 Å². The molecule has 0 aromatic rings. The number of rotatable bonds is 3. The fourth-order valence-corrected chi connectivity index (χ4v) is 0.668. The number of nitrogens with one attached hydrogen (secondary N) is 1. The van der Waals surface area contributed by atoms with Crippen LogP contribution in [0.15, 0.2) is 0 Å². The Morgan fingerprint density at radius 3 is 2.09 bits per heavy atom. The smallest absolute Gasteiger partial charge is 0.251 e. The maximum Gasteiger partial charge on any atom is 0.251 e. The van der Waals surface area contributed by atoms with Crippen LogP contribution in [0.3, 0.4) is 0 Å². The second kappa shape index (κ2) is 4.31.